The van der Waals surface area contributed by atoms with Gasteiger partial charge in [0.05, 0.1) is 4.92 Å². The predicted molar refractivity (Wildman–Crippen MR) is 97.7 cm³/mol. The third kappa shape index (κ3) is 2.84. The number of rotatable bonds is 3. The lowest BCUT2D eigenvalue weighted by molar-refractivity contribution is -0.384. The van der Waals surface area contributed by atoms with Crippen LogP contribution >= 0.6 is 0 Å². The molecule has 126 valence electrons. The van der Waals surface area contributed by atoms with Crippen molar-refractivity contribution in [1.82, 2.24) is 0 Å². The van der Waals surface area contributed by atoms with Crippen LogP contribution in [-0.2, 0) is 9.53 Å². The van der Waals surface area contributed by atoms with Gasteiger partial charge in [0.2, 0.25) is 5.90 Å². The molecule has 1 aliphatic rings. The Labute approximate surface area is 148 Å². The fraction of sp³-hybridized carbons (Fsp3) is 0. The first-order chi connectivity index (χ1) is 12.6. The summed E-state index contributed by atoms with van der Waals surface area (Å²) >= 11 is 0. The fourth-order valence-corrected chi connectivity index (χ4v) is 2.82. The molecule has 0 N–H and O–H groups in total. The van der Waals surface area contributed by atoms with E-state index >= 15 is 0 Å². The number of carbonyl (C=O) groups is 1. The van der Waals surface area contributed by atoms with E-state index in [2.05, 4.69) is 4.99 Å². The van der Waals surface area contributed by atoms with E-state index in [-0.39, 0.29) is 17.3 Å². The molecule has 0 radical (unpaired) electrons. The summed E-state index contributed by atoms with van der Waals surface area (Å²) in [4.78, 5) is 26.9. The summed E-state index contributed by atoms with van der Waals surface area (Å²) in [6, 6.07) is 19.4. The van der Waals surface area contributed by atoms with Gasteiger partial charge >= 0.3 is 5.97 Å². The third-order valence-corrected chi connectivity index (χ3v) is 4.02. The number of nitro benzene ring substituents is 1. The predicted octanol–water partition coefficient (Wildman–Crippen LogP) is 4.09. The minimum Gasteiger partial charge on any atom is -0.402 e. The van der Waals surface area contributed by atoms with Crippen LogP contribution in [0.4, 0.5) is 5.69 Å². The lowest BCUT2D eigenvalue weighted by atomic mass is 10.0. The summed E-state index contributed by atoms with van der Waals surface area (Å²) in [5.74, 6) is -0.358. The van der Waals surface area contributed by atoms with Crippen molar-refractivity contribution in [1.29, 1.82) is 0 Å². The Morgan fingerprint density at radius 1 is 1.00 bits per heavy atom. The fourth-order valence-electron chi connectivity index (χ4n) is 2.82. The molecule has 0 atom stereocenters. The van der Waals surface area contributed by atoms with Crippen molar-refractivity contribution in [2.75, 3.05) is 0 Å². The quantitative estimate of drug-likeness (QED) is 0.310. The van der Waals surface area contributed by atoms with Gasteiger partial charge in [0, 0.05) is 17.7 Å². The maximum atomic E-state index is 12.2. The zero-order valence-corrected chi connectivity index (χ0v) is 13.5. The number of nitro groups is 1. The van der Waals surface area contributed by atoms with Crippen molar-refractivity contribution in [2.24, 2.45) is 4.99 Å². The molecule has 0 saturated carbocycles. The molecule has 0 amide bonds. The molecule has 0 saturated heterocycles. The van der Waals surface area contributed by atoms with E-state index in [0.29, 0.717) is 5.56 Å². The highest BCUT2D eigenvalue weighted by molar-refractivity contribution is 6.17. The number of hydrogen-bond donors (Lipinski definition) is 0. The van der Waals surface area contributed by atoms with E-state index < -0.39 is 10.9 Å². The highest BCUT2D eigenvalue weighted by Crippen LogP contribution is 2.25. The standard InChI is InChI=1S/C20H12N2O4/c23-20-18(12-13-5-3-8-15(11-13)22(24)25)21-19(26-20)17-10-4-7-14-6-1-2-9-16(14)17/h1-12H/b18-12-. The highest BCUT2D eigenvalue weighted by Gasteiger charge is 2.25. The molecule has 1 heterocycles. The Kier molecular flexibility index (Phi) is 3.78. The largest absolute Gasteiger partial charge is 0.402 e. The summed E-state index contributed by atoms with van der Waals surface area (Å²) in [5.41, 5.74) is 1.28. The summed E-state index contributed by atoms with van der Waals surface area (Å²) in [7, 11) is 0. The number of aliphatic imine (C=N–C) groups is 1. The van der Waals surface area contributed by atoms with Crippen LogP contribution < -0.4 is 0 Å². The molecule has 0 bridgehead atoms. The molecule has 6 nitrogen and oxygen atoms in total. The number of hydrogen-bond acceptors (Lipinski definition) is 5. The number of nitrogens with zero attached hydrogens (tertiary/aromatic N) is 2. The van der Waals surface area contributed by atoms with Crippen molar-refractivity contribution in [2.45, 2.75) is 0 Å². The van der Waals surface area contributed by atoms with Crippen LogP contribution in [0.15, 0.2) is 77.4 Å². The minimum atomic E-state index is -0.584. The van der Waals surface area contributed by atoms with Gasteiger partial charge in [-0.25, -0.2) is 9.79 Å². The second kappa shape index (κ2) is 6.25. The molecule has 26 heavy (non-hydrogen) atoms. The Balaban J connectivity index is 1.76. The zero-order valence-electron chi connectivity index (χ0n) is 13.5. The molecule has 3 aromatic rings. The molecular formula is C20H12N2O4. The number of ether oxygens (including phenoxy) is 1. The van der Waals surface area contributed by atoms with Gasteiger partial charge in [0.25, 0.3) is 5.69 Å². The van der Waals surface area contributed by atoms with E-state index in [9.17, 15) is 14.9 Å². The molecule has 0 aliphatic carbocycles. The highest BCUT2D eigenvalue weighted by atomic mass is 16.6. The number of non-ortho nitro benzene ring substituents is 1. The van der Waals surface area contributed by atoms with E-state index in [1.54, 1.807) is 12.1 Å². The first kappa shape index (κ1) is 15.7. The van der Waals surface area contributed by atoms with Crippen LogP contribution in [0.2, 0.25) is 0 Å². The van der Waals surface area contributed by atoms with Crippen LogP contribution in [0, 0.1) is 10.1 Å². The van der Waals surface area contributed by atoms with Crippen LogP contribution in [0.25, 0.3) is 16.8 Å². The normalized spacial score (nSPS) is 15.2. The summed E-state index contributed by atoms with van der Waals surface area (Å²) in [6.45, 7) is 0. The van der Waals surface area contributed by atoms with Gasteiger partial charge in [-0.2, -0.15) is 0 Å². The average Bonchev–Trinajstić information content (AvgIpc) is 3.02. The molecule has 0 fully saturated rings. The molecule has 3 aromatic carbocycles. The molecular weight excluding hydrogens is 332 g/mol. The lowest BCUT2D eigenvalue weighted by Gasteiger charge is -2.04. The monoisotopic (exact) mass is 344 g/mol. The van der Waals surface area contributed by atoms with Crippen LogP contribution in [0.5, 0.6) is 0 Å². The number of fused-ring (bicyclic) bond motifs is 1. The SMILES string of the molecule is O=C1OC(c2cccc3ccccc23)=N/C1=C\c1cccc([N+](=O)[O-])c1. The van der Waals surface area contributed by atoms with Gasteiger partial charge in [-0.3, -0.25) is 10.1 Å². The van der Waals surface area contributed by atoms with Gasteiger partial charge in [-0.1, -0.05) is 48.5 Å². The molecule has 1 aliphatic heterocycles. The van der Waals surface area contributed by atoms with Crippen LogP contribution in [0.1, 0.15) is 11.1 Å². The summed E-state index contributed by atoms with van der Waals surface area (Å²) < 4.78 is 5.33. The molecule has 0 spiro atoms. The maximum Gasteiger partial charge on any atom is 0.363 e. The number of benzene rings is 3. The van der Waals surface area contributed by atoms with E-state index in [0.717, 1.165) is 16.3 Å². The average molecular weight is 344 g/mol. The maximum absolute atomic E-state index is 12.2. The molecule has 0 unspecified atom stereocenters. The van der Waals surface area contributed by atoms with Gasteiger partial charge in [0.15, 0.2) is 5.70 Å². The minimum absolute atomic E-state index is 0.0519. The number of cyclic esters (lactones) is 1. The van der Waals surface area contributed by atoms with E-state index in [1.165, 1.54) is 18.2 Å². The Bertz CT molecular complexity index is 1110. The first-order valence-electron chi connectivity index (χ1n) is 7.87. The van der Waals surface area contributed by atoms with Gasteiger partial charge in [-0.05, 0) is 28.5 Å². The first-order valence-corrected chi connectivity index (χ1v) is 7.87. The topological polar surface area (TPSA) is 81.8 Å². The molecule has 6 heteroatoms. The van der Waals surface area contributed by atoms with Crippen molar-refractivity contribution < 1.29 is 14.5 Å². The second-order valence-corrected chi connectivity index (χ2v) is 5.71. The van der Waals surface area contributed by atoms with Crippen molar-refractivity contribution in [3.05, 3.63) is 93.7 Å². The second-order valence-electron chi connectivity index (χ2n) is 5.71. The van der Waals surface area contributed by atoms with E-state index in [4.69, 9.17) is 4.74 Å². The van der Waals surface area contributed by atoms with Gasteiger partial charge < -0.3 is 4.74 Å². The molecule has 4 rings (SSSR count). The smallest absolute Gasteiger partial charge is 0.363 e. The van der Waals surface area contributed by atoms with Gasteiger partial charge in [0.1, 0.15) is 0 Å². The van der Waals surface area contributed by atoms with Crippen molar-refractivity contribution in [3.8, 4) is 0 Å². The van der Waals surface area contributed by atoms with Crippen molar-refractivity contribution >= 4 is 34.4 Å². The lowest BCUT2D eigenvalue weighted by Crippen LogP contribution is -2.05. The summed E-state index contributed by atoms with van der Waals surface area (Å²) in [6.07, 6.45) is 1.48. The van der Waals surface area contributed by atoms with E-state index in [1.807, 2.05) is 42.5 Å². The Morgan fingerprint density at radius 2 is 1.77 bits per heavy atom. The number of esters is 1. The van der Waals surface area contributed by atoms with Crippen molar-refractivity contribution in [3.63, 3.8) is 0 Å². The molecule has 0 aromatic heterocycles. The number of carbonyl (C=O) groups excluding carboxylic acids is 1. The zero-order chi connectivity index (χ0) is 18.1. The van der Waals surface area contributed by atoms with Crippen LogP contribution in [-0.4, -0.2) is 16.8 Å². The van der Waals surface area contributed by atoms with Crippen LogP contribution in [0.3, 0.4) is 0 Å². The third-order valence-electron chi connectivity index (χ3n) is 4.02. The Morgan fingerprint density at radius 3 is 2.62 bits per heavy atom. The van der Waals surface area contributed by atoms with Gasteiger partial charge in [-0.15, -0.1) is 0 Å². The summed E-state index contributed by atoms with van der Waals surface area (Å²) in [5, 5.41) is 12.8. The Hall–Kier alpha value is -3.80.